The standard InChI is InChI=1S/C72H135N2O6P/c1-6-8-10-12-14-16-18-20-22-24-26-28-30-32-34-35-36-37-38-40-41-43-45-47-49-51-53-55-57-59-61-63-65-71(75)70(69-80-81(77,78)79-68-67-74(3,4)5)73-72(76)66-64-62-60-58-56-54-52-50-48-46-44-42-39-33-31-29-27-25-23-21-19-17-15-13-11-9-7-2/h9,11,15,17,21,23,27,29,33,39,63,65,70-71,75H,6-8,10,12-14,16,18-20,22,24-26,28,30-32,34-38,40-62,64,66-69H2,1-5H3,(H-,73,76,77,78)/p+1/b11-9-,17-15-,23-21-,29-27-,39-33-,65-63+. The van der Waals surface area contributed by atoms with E-state index >= 15 is 0 Å². The van der Waals surface area contributed by atoms with Crippen LogP contribution in [0.5, 0.6) is 0 Å². The van der Waals surface area contributed by atoms with E-state index in [1.165, 1.54) is 238 Å². The predicted octanol–water partition coefficient (Wildman–Crippen LogP) is 22.2. The van der Waals surface area contributed by atoms with Crippen LogP contribution in [-0.2, 0) is 18.4 Å². The van der Waals surface area contributed by atoms with Gasteiger partial charge in [0.25, 0.3) is 0 Å². The summed E-state index contributed by atoms with van der Waals surface area (Å²) in [7, 11) is 1.57. The lowest BCUT2D eigenvalue weighted by molar-refractivity contribution is -0.870. The molecule has 0 bridgehead atoms. The first-order valence-electron chi connectivity index (χ1n) is 34.8. The van der Waals surface area contributed by atoms with E-state index in [1.807, 2.05) is 27.2 Å². The maximum absolute atomic E-state index is 13.0. The molecule has 0 heterocycles. The third-order valence-electron chi connectivity index (χ3n) is 15.7. The summed E-state index contributed by atoms with van der Waals surface area (Å²) in [5, 5.41) is 14.0. The number of hydrogen-bond donors (Lipinski definition) is 3. The van der Waals surface area contributed by atoms with Crippen LogP contribution < -0.4 is 5.32 Å². The Labute approximate surface area is 504 Å². The fourth-order valence-electron chi connectivity index (χ4n) is 10.3. The average Bonchev–Trinajstić information content (AvgIpc) is 3.43. The number of likely N-dealkylation sites (N-methyl/N-ethyl adjacent to an activating group) is 1. The van der Waals surface area contributed by atoms with Crippen molar-refractivity contribution in [2.45, 2.75) is 341 Å². The Bertz CT molecular complexity index is 1550. The fraction of sp³-hybridized carbons (Fsp3) is 0.819. The van der Waals surface area contributed by atoms with Gasteiger partial charge in [0.15, 0.2) is 0 Å². The second-order valence-corrected chi connectivity index (χ2v) is 26.3. The smallest absolute Gasteiger partial charge is 0.387 e. The number of aliphatic hydroxyl groups excluding tert-OH is 1. The first kappa shape index (κ1) is 78.9. The number of carbonyl (C=O) groups excluding carboxylic acids is 1. The van der Waals surface area contributed by atoms with Gasteiger partial charge in [-0.05, 0) is 64.2 Å². The van der Waals surface area contributed by atoms with Gasteiger partial charge in [0, 0.05) is 6.42 Å². The van der Waals surface area contributed by atoms with Crippen LogP contribution in [0.1, 0.15) is 328 Å². The second-order valence-electron chi connectivity index (χ2n) is 24.9. The molecule has 0 rings (SSSR count). The van der Waals surface area contributed by atoms with Crippen molar-refractivity contribution < 1.29 is 32.9 Å². The maximum Gasteiger partial charge on any atom is 0.472 e. The van der Waals surface area contributed by atoms with Crippen LogP contribution in [-0.4, -0.2) is 73.4 Å². The largest absolute Gasteiger partial charge is 0.472 e. The van der Waals surface area contributed by atoms with Crippen molar-refractivity contribution in [2.75, 3.05) is 40.9 Å². The van der Waals surface area contributed by atoms with E-state index in [1.54, 1.807) is 6.08 Å². The van der Waals surface area contributed by atoms with Gasteiger partial charge in [0.1, 0.15) is 13.2 Å². The fourth-order valence-corrected chi connectivity index (χ4v) is 11.0. The molecule has 3 atom stereocenters. The predicted molar refractivity (Wildman–Crippen MR) is 355 cm³/mol. The van der Waals surface area contributed by atoms with Gasteiger partial charge in [0.2, 0.25) is 5.91 Å². The van der Waals surface area contributed by atoms with Crippen LogP contribution >= 0.6 is 7.82 Å². The van der Waals surface area contributed by atoms with Gasteiger partial charge >= 0.3 is 7.82 Å². The monoisotopic (exact) mass is 1160 g/mol. The van der Waals surface area contributed by atoms with E-state index in [0.717, 1.165) is 70.6 Å². The number of nitrogens with one attached hydrogen (secondary N) is 1. The molecular weight excluding hydrogens is 1020 g/mol. The zero-order valence-corrected chi connectivity index (χ0v) is 55.2. The minimum absolute atomic E-state index is 0.0590. The van der Waals surface area contributed by atoms with Crippen molar-refractivity contribution in [1.29, 1.82) is 0 Å². The number of nitrogens with zero attached hydrogens (tertiary/aromatic N) is 1. The van der Waals surface area contributed by atoms with Crippen LogP contribution in [0.25, 0.3) is 0 Å². The van der Waals surface area contributed by atoms with E-state index in [-0.39, 0.29) is 19.1 Å². The second kappa shape index (κ2) is 62.5. The molecule has 0 aliphatic carbocycles. The first-order valence-corrected chi connectivity index (χ1v) is 36.3. The molecule has 9 heteroatoms. The minimum Gasteiger partial charge on any atom is -0.387 e. The molecule has 0 radical (unpaired) electrons. The van der Waals surface area contributed by atoms with Gasteiger partial charge in [-0.3, -0.25) is 13.8 Å². The lowest BCUT2D eigenvalue weighted by Crippen LogP contribution is -2.45. The molecule has 1 amide bonds. The number of phosphoric ester groups is 1. The molecule has 81 heavy (non-hydrogen) atoms. The lowest BCUT2D eigenvalue weighted by Gasteiger charge is -2.25. The van der Waals surface area contributed by atoms with Crippen LogP contribution in [0.15, 0.2) is 72.9 Å². The van der Waals surface area contributed by atoms with E-state index in [0.29, 0.717) is 17.4 Å². The number of aliphatic hydroxyl groups is 1. The van der Waals surface area contributed by atoms with Crippen molar-refractivity contribution in [3.63, 3.8) is 0 Å². The molecule has 0 aromatic heterocycles. The highest BCUT2D eigenvalue weighted by molar-refractivity contribution is 7.47. The number of quaternary nitrogens is 1. The molecule has 8 nitrogen and oxygen atoms in total. The number of allylic oxidation sites excluding steroid dienone is 11. The Kier molecular flexibility index (Phi) is 60.9. The van der Waals surface area contributed by atoms with E-state index < -0.39 is 20.0 Å². The number of carbonyl (C=O) groups is 1. The lowest BCUT2D eigenvalue weighted by atomic mass is 10.0. The molecule has 0 aliphatic heterocycles. The van der Waals surface area contributed by atoms with Crippen molar-refractivity contribution in [3.05, 3.63) is 72.9 Å². The van der Waals surface area contributed by atoms with Crippen molar-refractivity contribution in [1.82, 2.24) is 5.32 Å². The molecule has 0 aromatic rings. The molecule has 0 aromatic carbocycles. The highest BCUT2D eigenvalue weighted by atomic mass is 31.2. The number of unbranched alkanes of at least 4 members (excludes halogenated alkanes) is 41. The maximum atomic E-state index is 13.0. The van der Waals surface area contributed by atoms with E-state index in [4.69, 9.17) is 9.05 Å². The molecular formula is C72H136N2O6P+. The molecule has 0 aliphatic rings. The quantitative estimate of drug-likeness (QED) is 0.0243. The van der Waals surface area contributed by atoms with Gasteiger partial charge < -0.3 is 19.8 Å². The average molecular weight is 1160 g/mol. The van der Waals surface area contributed by atoms with Crippen LogP contribution in [0.3, 0.4) is 0 Å². The third-order valence-corrected chi connectivity index (χ3v) is 16.7. The van der Waals surface area contributed by atoms with Gasteiger partial charge in [0.05, 0.1) is 39.9 Å². The molecule has 474 valence electrons. The van der Waals surface area contributed by atoms with E-state index in [2.05, 4.69) is 79.9 Å². The Morgan fingerprint density at radius 3 is 1.09 bits per heavy atom. The highest BCUT2D eigenvalue weighted by Gasteiger charge is 2.28. The summed E-state index contributed by atoms with van der Waals surface area (Å²) in [6.07, 6.45) is 87.6. The Hall–Kier alpha value is -2.06. The van der Waals surface area contributed by atoms with Crippen molar-refractivity contribution >= 4 is 13.7 Å². The summed E-state index contributed by atoms with van der Waals surface area (Å²) in [6, 6.07) is -0.854. The Morgan fingerprint density at radius 2 is 0.741 bits per heavy atom. The van der Waals surface area contributed by atoms with Crippen LogP contribution in [0.2, 0.25) is 0 Å². The molecule has 0 spiro atoms. The van der Waals surface area contributed by atoms with Crippen LogP contribution in [0, 0.1) is 0 Å². The molecule has 0 fully saturated rings. The molecule has 3 unspecified atom stereocenters. The number of amides is 1. The zero-order valence-electron chi connectivity index (χ0n) is 54.3. The Balaban J connectivity index is 4.08. The van der Waals surface area contributed by atoms with Gasteiger partial charge in [-0.2, -0.15) is 0 Å². The minimum atomic E-state index is -4.36. The molecule has 0 saturated carbocycles. The van der Waals surface area contributed by atoms with E-state index in [9.17, 15) is 19.4 Å². The molecule has 3 N–H and O–H groups in total. The zero-order chi connectivity index (χ0) is 59.1. The Morgan fingerprint density at radius 1 is 0.432 bits per heavy atom. The number of phosphoric acid groups is 1. The summed E-state index contributed by atoms with van der Waals surface area (Å²) in [6.45, 7) is 4.74. The molecule has 0 saturated heterocycles. The number of rotatable bonds is 64. The van der Waals surface area contributed by atoms with Gasteiger partial charge in [-0.25, -0.2) is 4.57 Å². The third kappa shape index (κ3) is 65.3. The summed E-state index contributed by atoms with van der Waals surface area (Å²) < 4.78 is 23.8. The summed E-state index contributed by atoms with van der Waals surface area (Å²) >= 11 is 0. The van der Waals surface area contributed by atoms with Crippen molar-refractivity contribution in [3.8, 4) is 0 Å². The normalized spacial score (nSPS) is 14.1. The van der Waals surface area contributed by atoms with Crippen molar-refractivity contribution in [2.24, 2.45) is 0 Å². The summed E-state index contributed by atoms with van der Waals surface area (Å²) in [4.78, 5) is 23.4. The van der Waals surface area contributed by atoms with Gasteiger partial charge in [-0.1, -0.05) is 331 Å². The first-order chi connectivity index (χ1) is 39.5. The summed E-state index contributed by atoms with van der Waals surface area (Å²) in [5.41, 5.74) is 0. The highest BCUT2D eigenvalue weighted by Crippen LogP contribution is 2.43. The van der Waals surface area contributed by atoms with Crippen LogP contribution in [0.4, 0.5) is 0 Å². The number of hydrogen-bond acceptors (Lipinski definition) is 5. The van der Waals surface area contributed by atoms with Gasteiger partial charge in [-0.15, -0.1) is 0 Å². The summed E-state index contributed by atoms with van der Waals surface area (Å²) in [5.74, 6) is -0.179. The topological polar surface area (TPSA) is 105 Å². The SMILES string of the molecule is CC/C=C\C/C=C\C/C=C\C/C=C\C/C=C\CCCCCCCCCCCCCC(=O)NC(COP(=O)(O)OCC[N+](C)(C)C)C(O)/C=C/CCCCCCCCCCCCCCCCCCCCCCCCCCCCCCCC.